The van der Waals surface area contributed by atoms with E-state index >= 15 is 0 Å². The van der Waals surface area contributed by atoms with Crippen molar-refractivity contribution in [1.29, 1.82) is 0 Å². The van der Waals surface area contributed by atoms with Crippen molar-refractivity contribution >= 4 is 35.0 Å². The fourth-order valence-corrected chi connectivity index (χ4v) is 4.55. The third-order valence-corrected chi connectivity index (χ3v) is 6.43. The molecule has 1 amide bonds. The molecule has 3 aromatic rings. The molecule has 0 fully saturated rings. The maximum Gasteiger partial charge on any atom is 0.240 e. The predicted molar refractivity (Wildman–Crippen MR) is 117 cm³/mol. The Hall–Kier alpha value is -2.51. The van der Waals surface area contributed by atoms with Gasteiger partial charge in [-0.05, 0) is 48.7 Å². The van der Waals surface area contributed by atoms with Gasteiger partial charge in [-0.2, -0.15) is 0 Å². The Kier molecular flexibility index (Phi) is 5.52. The van der Waals surface area contributed by atoms with Crippen LogP contribution in [-0.2, 0) is 11.2 Å². The average molecular weight is 428 g/mol. The summed E-state index contributed by atoms with van der Waals surface area (Å²) in [5.41, 5.74) is 7.37. The fraction of sp³-hybridized carbons (Fsp3) is 0.286. The number of halogens is 1. The van der Waals surface area contributed by atoms with Crippen LogP contribution in [0.25, 0.3) is 0 Å². The molecule has 1 aliphatic heterocycles. The summed E-state index contributed by atoms with van der Waals surface area (Å²) in [6.07, 6.45) is 0.743. The molecule has 0 saturated heterocycles. The Bertz CT molecular complexity index is 1050. The van der Waals surface area contributed by atoms with Crippen molar-refractivity contribution in [3.63, 3.8) is 0 Å². The zero-order valence-corrected chi connectivity index (χ0v) is 18.0. The smallest absolute Gasteiger partial charge is 0.240 e. The molecule has 1 aliphatic rings. The first-order valence-corrected chi connectivity index (χ1v) is 10.7. The summed E-state index contributed by atoms with van der Waals surface area (Å²) in [6, 6.07) is 13.3. The minimum Gasteiger partial charge on any atom is -0.325 e. The molecule has 0 radical (unpaired) electrons. The van der Waals surface area contributed by atoms with Gasteiger partial charge >= 0.3 is 0 Å². The minimum atomic E-state index is -0.419. The molecule has 2 atom stereocenters. The monoisotopic (exact) mass is 427 g/mol. The van der Waals surface area contributed by atoms with E-state index in [1.807, 2.05) is 67.9 Å². The quantitative estimate of drug-likeness (QED) is 0.641. The topological polar surface area (TPSA) is 71.8 Å². The Balaban J connectivity index is 1.68. The number of anilines is 1. The Morgan fingerprint density at radius 2 is 1.97 bits per heavy atom. The number of aromatic nitrogens is 3. The normalized spacial score (nSPS) is 18.1. The zero-order valence-electron chi connectivity index (χ0n) is 16.4. The van der Waals surface area contributed by atoms with Gasteiger partial charge in [0.25, 0.3) is 0 Å². The number of hydrogen-bond acceptors (Lipinski definition) is 5. The summed E-state index contributed by atoms with van der Waals surface area (Å²) >= 11 is 7.49. The average Bonchev–Trinajstić information content (AvgIpc) is 3.12. The predicted octanol–water partition coefficient (Wildman–Crippen LogP) is 4.51. The summed E-state index contributed by atoms with van der Waals surface area (Å²) in [7, 11) is 0. The molecule has 2 heterocycles. The van der Waals surface area contributed by atoms with Gasteiger partial charge in [0.2, 0.25) is 11.1 Å². The van der Waals surface area contributed by atoms with Crippen LogP contribution >= 0.6 is 23.4 Å². The first-order valence-electron chi connectivity index (χ1n) is 9.47. The molecular formula is C21H22ClN5OS. The summed E-state index contributed by atoms with van der Waals surface area (Å²) in [4.78, 5) is 13.3. The molecule has 29 heavy (non-hydrogen) atoms. The molecule has 0 bridgehead atoms. The van der Waals surface area contributed by atoms with Crippen molar-refractivity contribution in [2.75, 3.05) is 10.7 Å². The first kappa shape index (κ1) is 19.8. The standard InChI is InChI=1S/C21H22ClN5OS/c1-4-17-24-25-21-27(17)26-18(14-7-9-15(22)10-8-14)19(29-21)20(28)23-16-11-12(2)5-6-13(16)3/h5-11,18-19,26H,4H2,1-3H3,(H,23,28)/t18-,19+/m0/s1. The van der Waals surface area contributed by atoms with Crippen LogP contribution in [-0.4, -0.2) is 26.0 Å². The lowest BCUT2D eigenvalue weighted by Gasteiger charge is -2.33. The molecule has 2 aromatic carbocycles. The number of amides is 1. The molecule has 1 aromatic heterocycles. The van der Waals surface area contributed by atoms with Gasteiger partial charge in [-0.1, -0.05) is 54.6 Å². The largest absolute Gasteiger partial charge is 0.325 e. The minimum absolute atomic E-state index is 0.0801. The van der Waals surface area contributed by atoms with E-state index in [-0.39, 0.29) is 11.9 Å². The van der Waals surface area contributed by atoms with E-state index in [0.717, 1.165) is 34.6 Å². The molecule has 0 unspecified atom stereocenters. The lowest BCUT2D eigenvalue weighted by atomic mass is 10.0. The molecule has 0 saturated carbocycles. The van der Waals surface area contributed by atoms with Crippen LogP contribution in [0, 0.1) is 13.8 Å². The van der Waals surface area contributed by atoms with Crippen LogP contribution in [0.3, 0.4) is 0 Å². The highest BCUT2D eigenvalue weighted by Gasteiger charge is 2.37. The second kappa shape index (κ2) is 8.08. The van der Waals surface area contributed by atoms with E-state index in [4.69, 9.17) is 11.6 Å². The number of nitrogens with zero attached hydrogens (tertiary/aromatic N) is 3. The van der Waals surface area contributed by atoms with Crippen molar-refractivity contribution in [3.8, 4) is 0 Å². The molecule has 6 nitrogen and oxygen atoms in total. The number of nitrogens with one attached hydrogen (secondary N) is 2. The summed E-state index contributed by atoms with van der Waals surface area (Å²) in [6.45, 7) is 6.03. The van der Waals surface area contributed by atoms with Crippen molar-refractivity contribution in [3.05, 3.63) is 70.0 Å². The maximum absolute atomic E-state index is 13.3. The van der Waals surface area contributed by atoms with Crippen LogP contribution in [0.15, 0.2) is 47.6 Å². The number of hydrogen-bond donors (Lipinski definition) is 2. The van der Waals surface area contributed by atoms with Crippen LogP contribution in [0.2, 0.25) is 5.02 Å². The molecule has 0 spiro atoms. The highest BCUT2D eigenvalue weighted by atomic mass is 35.5. The van der Waals surface area contributed by atoms with Crippen LogP contribution in [0.4, 0.5) is 5.69 Å². The summed E-state index contributed by atoms with van der Waals surface area (Å²) < 4.78 is 1.88. The molecule has 0 aliphatic carbocycles. The maximum atomic E-state index is 13.3. The Morgan fingerprint density at radius 1 is 1.21 bits per heavy atom. The van der Waals surface area contributed by atoms with Gasteiger partial charge in [-0.25, -0.2) is 4.68 Å². The van der Waals surface area contributed by atoms with E-state index in [0.29, 0.717) is 10.2 Å². The number of rotatable bonds is 4. The van der Waals surface area contributed by atoms with Crippen molar-refractivity contribution in [2.24, 2.45) is 0 Å². The molecule has 150 valence electrons. The number of benzene rings is 2. The second-order valence-electron chi connectivity index (χ2n) is 7.09. The number of thioether (sulfide) groups is 1. The van der Waals surface area contributed by atoms with E-state index in [1.165, 1.54) is 11.8 Å². The fourth-order valence-electron chi connectivity index (χ4n) is 3.32. The highest BCUT2D eigenvalue weighted by Crippen LogP contribution is 2.38. The number of aryl methyl sites for hydroxylation is 3. The van der Waals surface area contributed by atoms with Crippen LogP contribution in [0.1, 0.15) is 35.5 Å². The Labute approximate surface area is 179 Å². The third-order valence-electron chi connectivity index (χ3n) is 4.96. The van der Waals surface area contributed by atoms with E-state index in [9.17, 15) is 4.79 Å². The van der Waals surface area contributed by atoms with Crippen LogP contribution < -0.4 is 10.7 Å². The summed E-state index contributed by atoms with van der Waals surface area (Å²) in [5, 5.41) is 12.5. The highest BCUT2D eigenvalue weighted by molar-refractivity contribution is 8.00. The molecular weight excluding hydrogens is 406 g/mol. The van der Waals surface area contributed by atoms with Crippen LogP contribution in [0.5, 0.6) is 0 Å². The Morgan fingerprint density at radius 3 is 2.69 bits per heavy atom. The number of carbonyl (C=O) groups excluding carboxylic acids is 1. The van der Waals surface area contributed by atoms with Gasteiger partial charge < -0.3 is 10.7 Å². The van der Waals surface area contributed by atoms with Gasteiger partial charge in [0.1, 0.15) is 5.25 Å². The van der Waals surface area contributed by atoms with E-state index < -0.39 is 5.25 Å². The molecule has 2 N–H and O–H groups in total. The SMILES string of the molecule is CCc1nnc2n1N[C@@H](c1ccc(Cl)cc1)[C@H](C(=O)Nc1cc(C)ccc1C)S2. The first-order chi connectivity index (χ1) is 14.0. The molecule has 4 rings (SSSR count). The van der Waals surface area contributed by atoms with Crippen molar-refractivity contribution < 1.29 is 4.79 Å². The van der Waals surface area contributed by atoms with Gasteiger partial charge in [0.05, 0.1) is 6.04 Å². The zero-order chi connectivity index (χ0) is 20.5. The second-order valence-corrected chi connectivity index (χ2v) is 8.64. The lowest BCUT2D eigenvalue weighted by molar-refractivity contribution is -0.116. The van der Waals surface area contributed by atoms with Gasteiger partial charge in [-0.15, -0.1) is 10.2 Å². The van der Waals surface area contributed by atoms with E-state index in [2.05, 4.69) is 20.9 Å². The summed E-state index contributed by atoms with van der Waals surface area (Å²) in [5.74, 6) is 0.753. The van der Waals surface area contributed by atoms with Gasteiger partial charge in [-0.3, -0.25) is 4.79 Å². The van der Waals surface area contributed by atoms with E-state index in [1.54, 1.807) is 0 Å². The number of carbonyl (C=O) groups is 1. The lowest BCUT2D eigenvalue weighted by Crippen LogP contribution is -2.41. The van der Waals surface area contributed by atoms with Crippen molar-refractivity contribution in [2.45, 2.75) is 43.6 Å². The third kappa shape index (κ3) is 3.97. The van der Waals surface area contributed by atoms with Gasteiger partial charge in [0, 0.05) is 17.1 Å². The molecule has 8 heteroatoms. The number of fused-ring (bicyclic) bond motifs is 1. The van der Waals surface area contributed by atoms with Gasteiger partial charge in [0.15, 0.2) is 5.82 Å². The van der Waals surface area contributed by atoms with Crippen molar-refractivity contribution in [1.82, 2.24) is 14.9 Å².